The van der Waals surface area contributed by atoms with E-state index in [0.29, 0.717) is 0 Å². The van der Waals surface area contributed by atoms with Crippen molar-refractivity contribution in [2.24, 2.45) is 0 Å². The average molecular weight is 103 g/mol. The molecule has 40 valence electrons. The zero-order valence-corrected chi connectivity index (χ0v) is 3.88. The van der Waals surface area contributed by atoms with Crippen LogP contribution in [0.25, 0.3) is 0 Å². The highest BCUT2D eigenvalue weighted by Gasteiger charge is 1.85. The average Bonchev–Trinajstić information content (AvgIpc) is 1.27. The molecular formula is C3H5NO3. The van der Waals surface area contributed by atoms with Crippen LogP contribution in [0.15, 0.2) is 0 Å². The van der Waals surface area contributed by atoms with Gasteiger partial charge < -0.3 is 4.84 Å². The number of hydrogen-bond acceptors (Lipinski definition) is 3. The Kier molecular flexibility index (Phi) is 1.84. The summed E-state index contributed by atoms with van der Waals surface area (Å²) in [5.74, 6) is -0.662. The van der Waals surface area contributed by atoms with E-state index >= 15 is 0 Å². The molecule has 0 N–H and O–H groups in total. The number of carbonyl (C=O) groups excluding carboxylic acids is 1. The molecule has 0 heterocycles. The summed E-state index contributed by atoms with van der Waals surface area (Å²) in [6, 6.07) is 0. The Morgan fingerprint density at radius 1 is 2.00 bits per heavy atom. The minimum atomic E-state index is -0.662. The number of nitrogens with zero attached hydrogens (tertiary/aromatic N) is 1. The summed E-state index contributed by atoms with van der Waals surface area (Å²) in [4.78, 5) is 13.4. The highest BCUT2D eigenvalue weighted by atomic mass is 16.9. The topological polar surface area (TPSA) is 52.4 Å². The quantitative estimate of drug-likeness (QED) is 0.198. The van der Waals surface area contributed by atoms with Gasteiger partial charge in [0.15, 0.2) is 6.72 Å². The van der Waals surface area contributed by atoms with Crippen molar-refractivity contribution < 1.29 is 14.5 Å². The maximum Gasteiger partial charge on any atom is 0.253 e. The molecule has 0 aromatic rings. The van der Waals surface area contributed by atoms with Gasteiger partial charge in [0.2, 0.25) is 0 Å². The molecule has 0 spiro atoms. The van der Waals surface area contributed by atoms with Crippen molar-refractivity contribution in [3.05, 3.63) is 5.21 Å². The molecular weight excluding hydrogens is 98.0 g/mol. The van der Waals surface area contributed by atoms with E-state index in [4.69, 9.17) is 0 Å². The van der Waals surface area contributed by atoms with Crippen LogP contribution in [-0.2, 0) is 9.63 Å². The number of rotatable bonds is 1. The molecule has 0 saturated heterocycles. The van der Waals surface area contributed by atoms with E-state index in [1.54, 1.807) is 0 Å². The SMILES string of the molecule is C=[N+]([O-])OC(C)=O. The number of hydrogen-bond donors (Lipinski definition) is 0. The first-order valence-corrected chi connectivity index (χ1v) is 1.59. The van der Waals surface area contributed by atoms with E-state index in [0.717, 1.165) is 6.92 Å². The third kappa shape index (κ3) is 4.94. The lowest BCUT2D eigenvalue weighted by atomic mass is 10.8. The van der Waals surface area contributed by atoms with Gasteiger partial charge in [0.05, 0.1) is 0 Å². The molecule has 0 aromatic carbocycles. The van der Waals surface area contributed by atoms with Gasteiger partial charge in [-0.1, -0.05) is 0 Å². The second-order valence-corrected chi connectivity index (χ2v) is 0.916. The second kappa shape index (κ2) is 2.17. The fourth-order valence-corrected chi connectivity index (χ4v) is 0.143. The molecule has 0 aliphatic carbocycles. The van der Waals surface area contributed by atoms with Crippen LogP contribution in [0.3, 0.4) is 0 Å². The molecule has 4 nitrogen and oxygen atoms in total. The normalized spacial score (nSPS) is 7.57. The molecule has 0 atom stereocenters. The third-order valence-electron chi connectivity index (χ3n) is 0.230. The van der Waals surface area contributed by atoms with Crippen molar-refractivity contribution >= 4 is 12.7 Å². The van der Waals surface area contributed by atoms with Crippen molar-refractivity contribution in [2.45, 2.75) is 6.92 Å². The molecule has 0 rings (SSSR count). The Morgan fingerprint density at radius 3 is 2.43 bits per heavy atom. The standard InChI is InChI=1S/C3H5NO3/c1-3(5)7-4(2)6/h2H2,1H3. The Morgan fingerprint density at radius 2 is 2.43 bits per heavy atom. The van der Waals surface area contributed by atoms with E-state index in [-0.39, 0.29) is 4.90 Å². The molecule has 0 unspecified atom stereocenters. The molecule has 4 heteroatoms. The number of carbonyl (C=O) groups is 1. The van der Waals surface area contributed by atoms with Crippen LogP contribution in [0.5, 0.6) is 0 Å². The third-order valence-corrected chi connectivity index (χ3v) is 0.230. The first-order chi connectivity index (χ1) is 3.13. The van der Waals surface area contributed by atoms with Crippen LogP contribution in [0.1, 0.15) is 6.92 Å². The minimum Gasteiger partial charge on any atom is -0.330 e. The van der Waals surface area contributed by atoms with Gasteiger partial charge in [-0.25, -0.2) is 0 Å². The molecule has 0 bridgehead atoms. The minimum absolute atomic E-state index is 0.150. The van der Waals surface area contributed by atoms with Crippen molar-refractivity contribution in [1.82, 2.24) is 0 Å². The molecule has 0 amide bonds. The smallest absolute Gasteiger partial charge is 0.253 e. The molecule has 0 radical (unpaired) electrons. The van der Waals surface area contributed by atoms with E-state index in [9.17, 15) is 10.0 Å². The summed E-state index contributed by atoms with van der Waals surface area (Å²) in [7, 11) is 0. The van der Waals surface area contributed by atoms with Crippen LogP contribution in [0.4, 0.5) is 0 Å². The maximum atomic E-state index is 9.75. The lowest BCUT2D eigenvalue weighted by molar-refractivity contribution is -0.706. The van der Waals surface area contributed by atoms with Gasteiger partial charge in [0, 0.05) is 11.8 Å². The maximum absolute atomic E-state index is 9.75. The summed E-state index contributed by atoms with van der Waals surface area (Å²) in [5, 5.41) is 9.62. The predicted octanol–water partition coefficient (Wildman–Crippen LogP) is -0.325. The summed E-state index contributed by atoms with van der Waals surface area (Å²) >= 11 is 0. The van der Waals surface area contributed by atoms with Crippen molar-refractivity contribution in [2.75, 3.05) is 0 Å². The van der Waals surface area contributed by atoms with E-state index in [1.807, 2.05) is 0 Å². The van der Waals surface area contributed by atoms with Crippen LogP contribution in [0.2, 0.25) is 0 Å². The van der Waals surface area contributed by atoms with Gasteiger partial charge in [-0.05, 0) is 0 Å². The Balaban J connectivity index is 3.32. The molecule has 7 heavy (non-hydrogen) atoms. The van der Waals surface area contributed by atoms with Gasteiger partial charge in [0.1, 0.15) is 0 Å². The Labute approximate surface area is 40.6 Å². The molecule has 0 saturated carbocycles. The van der Waals surface area contributed by atoms with Gasteiger partial charge in [-0.15, -0.1) is 0 Å². The zero-order chi connectivity index (χ0) is 5.86. The van der Waals surface area contributed by atoms with Gasteiger partial charge in [-0.2, -0.15) is 0 Å². The molecule has 0 aliphatic heterocycles. The lowest BCUT2D eigenvalue weighted by Gasteiger charge is -1.93. The second-order valence-electron chi connectivity index (χ2n) is 0.916. The highest BCUT2D eigenvalue weighted by molar-refractivity contribution is 5.65. The highest BCUT2D eigenvalue weighted by Crippen LogP contribution is 1.71. The van der Waals surface area contributed by atoms with Crippen LogP contribution >= 0.6 is 0 Å². The van der Waals surface area contributed by atoms with E-state index in [2.05, 4.69) is 11.6 Å². The lowest BCUT2D eigenvalue weighted by Crippen LogP contribution is -2.06. The molecule has 0 aromatic heterocycles. The summed E-state index contributed by atoms with van der Waals surface area (Å²) in [5.41, 5.74) is 0. The van der Waals surface area contributed by atoms with Gasteiger partial charge in [0.25, 0.3) is 5.97 Å². The van der Waals surface area contributed by atoms with E-state index < -0.39 is 5.97 Å². The monoisotopic (exact) mass is 103 g/mol. The largest absolute Gasteiger partial charge is 0.330 e. The summed E-state index contributed by atoms with van der Waals surface area (Å²) in [6.45, 7) is 3.83. The van der Waals surface area contributed by atoms with Gasteiger partial charge in [-0.3, -0.25) is 10.0 Å². The zero-order valence-electron chi connectivity index (χ0n) is 3.88. The first-order valence-electron chi connectivity index (χ1n) is 1.59. The fourth-order valence-electron chi connectivity index (χ4n) is 0.143. The molecule has 0 aliphatic rings. The molecule has 0 fully saturated rings. The van der Waals surface area contributed by atoms with Crippen molar-refractivity contribution in [3.63, 3.8) is 0 Å². The van der Waals surface area contributed by atoms with Crippen molar-refractivity contribution in [3.8, 4) is 0 Å². The Hall–Kier alpha value is -1.06. The predicted molar refractivity (Wildman–Crippen MR) is 22.5 cm³/mol. The summed E-state index contributed by atoms with van der Waals surface area (Å²) < 4.78 is 0. The first kappa shape index (κ1) is 5.94. The van der Waals surface area contributed by atoms with Crippen LogP contribution in [0, 0.1) is 5.21 Å². The van der Waals surface area contributed by atoms with Gasteiger partial charge >= 0.3 is 0 Å². The van der Waals surface area contributed by atoms with Crippen LogP contribution < -0.4 is 0 Å². The van der Waals surface area contributed by atoms with Crippen molar-refractivity contribution in [1.29, 1.82) is 0 Å². The fraction of sp³-hybridized carbons (Fsp3) is 0.333. The van der Waals surface area contributed by atoms with E-state index in [1.165, 1.54) is 0 Å². The summed E-state index contributed by atoms with van der Waals surface area (Å²) in [6.07, 6.45) is 0. The van der Waals surface area contributed by atoms with Crippen LogP contribution in [-0.4, -0.2) is 17.6 Å². The Bertz CT molecular complexity index is 86.4.